The fourth-order valence-electron chi connectivity index (χ4n) is 6.21. The zero-order chi connectivity index (χ0) is 30.8. The third-order valence-corrected chi connectivity index (χ3v) is 8.70. The number of nitrogens with zero attached hydrogens (tertiary/aromatic N) is 3. The molecule has 1 saturated carbocycles. The Labute approximate surface area is 246 Å². The number of alkyl halides is 3. The SMILES string of the molecule is CCN(c1cc(-c2ccc(C(F)(F)F)cc2)cc(C(=O)NCC2C(=O)N=C(C)C=C2C)c1C)C1CCC(N(C)C)CC1. The zero-order valence-corrected chi connectivity index (χ0v) is 25.3. The molecule has 2 aliphatic rings. The molecule has 6 nitrogen and oxygen atoms in total. The average Bonchev–Trinajstić information content (AvgIpc) is 2.93. The van der Waals surface area contributed by atoms with Crippen molar-refractivity contribution in [3.63, 3.8) is 0 Å². The van der Waals surface area contributed by atoms with Gasteiger partial charge in [0.2, 0.25) is 0 Å². The molecule has 2 amide bonds. The Morgan fingerprint density at radius 2 is 1.60 bits per heavy atom. The molecule has 0 bridgehead atoms. The van der Waals surface area contributed by atoms with Crippen molar-refractivity contribution in [3.8, 4) is 11.1 Å². The Morgan fingerprint density at radius 1 is 0.976 bits per heavy atom. The van der Waals surface area contributed by atoms with Gasteiger partial charge in [-0.15, -0.1) is 0 Å². The highest BCUT2D eigenvalue weighted by molar-refractivity contribution is 6.06. The Morgan fingerprint density at radius 3 is 2.14 bits per heavy atom. The van der Waals surface area contributed by atoms with E-state index in [9.17, 15) is 22.8 Å². The lowest BCUT2D eigenvalue weighted by Gasteiger charge is -2.40. The largest absolute Gasteiger partial charge is 0.416 e. The summed E-state index contributed by atoms with van der Waals surface area (Å²) in [5, 5.41) is 2.93. The minimum Gasteiger partial charge on any atom is -0.369 e. The molecule has 0 saturated heterocycles. The third-order valence-electron chi connectivity index (χ3n) is 8.70. The Kier molecular flexibility index (Phi) is 9.60. The number of anilines is 1. The standard InChI is InChI=1S/C33H41F3N4O2/c1-7-40(27-14-12-26(13-15-27)39(5)6)30-18-24(23-8-10-25(11-9-23)33(34,35)36)17-28(22(30)4)31(41)37-19-29-20(2)16-21(3)38-32(29)42/h8-11,16-18,26-27,29H,7,12-15,19H2,1-6H3,(H,37,41). The van der Waals surface area contributed by atoms with Crippen molar-refractivity contribution in [1.82, 2.24) is 10.2 Å². The molecule has 1 N–H and O–H groups in total. The first-order chi connectivity index (χ1) is 19.8. The molecular formula is C33H41F3N4O2. The van der Waals surface area contributed by atoms with Gasteiger partial charge in [0.15, 0.2) is 0 Å². The van der Waals surface area contributed by atoms with E-state index in [1.807, 2.05) is 26.0 Å². The molecule has 1 atom stereocenters. The fourth-order valence-corrected chi connectivity index (χ4v) is 6.21. The predicted octanol–water partition coefficient (Wildman–Crippen LogP) is 6.67. The summed E-state index contributed by atoms with van der Waals surface area (Å²) in [7, 11) is 4.22. The number of halogens is 3. The second kappa shape index (κ2) is 12.8. The number of hydrogen-bond acceptors (Lipinski definition) is 4. The highest BCUT2D eigenvalue weighted by Crippen LogP contribution is 2.37. The fraction of sp³-hybridized carbons (Fsp3) is 0.485. The van der Waals surface area contributed by atoms with Gasteiger partial charge < -0.3 is 15.1 Å². The molecule has 9 heteroatoms. The molecule has 226 valence electrons. The van der Waals surface area contributed by atoms with Crippen LogP contribution >= 0.6 is 0 Å². The summed E-state index contributed by atoms with van der Waals surface area (Å²) in [5.41, 5.74) is 4.17. The molecular weight excluding hydrogens is 541 g/mol. The molecule has 0 radical (unpaired) electrons. The quantitative estimate of drug-likeness (QED) is 0.378. The lowest BCUT2D eigenvalue weighted by Crippen LogP contribution is -2.42. The minimum atomic E-state index is -4.43. The molecule has 1 fully saturated rings. The number of benzene rings is 2. The van der Waals surface area contributed by atoms with Gasteiger partial charge in [0.05, 0.1) is 11.5 Å². The van der Waals surface area contributed by atoms with Crippen molar-refractivity contribution < 1.29 is 22.8 Å². The second-order valence-electron chi connectivity index (χ2n) is 11.7. The van der Waals surface area contributed by atoms with Crippen LogP contribution in [0.2, 0.25) is 0 Å². The monoisotopic (exact) mass is 582 g/mol. The molecule has 1 aliphatic carbocycles. The van der Waals surface area contributed by atoms with Gasteiger partial charge >= 0.3 is 6.18 Å². The van der Waals surface area contributed by atoms with Gasteiger partial charge in [-0.05, 0) is 115 Å². The summed E-state index contributed by atoms with van der Waals surface area (Å²) in [4.78, 5) is 34.8. The van der Waals surface area contributed by atoms with E-state index in [0.29, 0.717) is 28.4 Å². The van der Waals surface area contributed by atoms with Gasteiger partial charge in [0.1, 0.15) is 0 Å². The van der Waals surface area contributed by atoms with E-state index in [4.69, 9.17) is 0 Å². The van der Waals surface area contributed by atoms with Crippen LogP contribution in [0.15, 0.2) is 53.0 Å². The molecule has 0 aromatic heterocycles. The number of carbonyl (C=O) groups excluding carboxylic acids is 2. The Bertz CT molecular complexity index is 1370. The van der Waals surface area contributed by atoms with Gasteiger partial charge in [-0.2, -0.15) is 13.2 Å². The van der Waals surface area contributed by atoms with Crippen molar-refractivity contribution in [2.45, 2.75) is 71.6 Å². The van der Waals surface area contributed by atoms with Crippen molar-refractivity contribution in [3.05, 3.63) is 64.7 Å². The van der Waals surface area contributed by atoms with E-state index in [1.165, 1.54) is 12.1 Å². The Balaban J connectivity index is 1.69. The number of dihydropyridines is 1. The first-order valence-corrected chi connectivity index (χ1v) is 14.6. The van der Waals surface area contributed by atoms with Gasteiger partial charge in [0, 0.05) is 42.1 Å². The molecule has 1 aliphatic heterocycles. The maximum Gasteiger partial charge on any atom is 0.416 e. The smallest absolute Gasteiger partial charge is 0.369 e. The molecule has 2 aromatic carbocycles. The maximum atomic E-state index is 13.7. The van der Waals surface area contributed by atoms with Crippen molar-refractivity contribution >= 4 is 23.2 Å². The molecule has 2 aromatic rings. The molecule has 1 unspecified atom stereocenters. The topological polar surface area (TPSA) is 65.0 Å². The average molecular weight is 583 g/mol. The Hall–Kier alpha value is -3.46. The third kappa shape index (κ3) is 6.94. The predicted molar refractivity (Wildman–Crippen MR) is 162 cm³/mol. The van der Waals surface area contributed by atoms with Crippen LogP contribution < -0.4 is 10.2 Å². The number of hydrogen-bond donors (Lipinski definition) is 1. The van der Waals surface area contributed by atoms with Gasteiger partial charge in [0.25, 0.3) is 11.8 Å². The molecule has 1 heterocycles. The normalized spacial score (nSPS) is 21.2. The number of amides is 2. The van der Waals surface area contributed by atoms with Gasteiger partial charge in [-0.3, -0.25) is 9.59 Å². The van der Waals surface area contributed by atoms with E-state index in [0.717, 1.165) is 61.2 Å². The number of aliphatic imine (C=N–C) groups is 1. The highest BCUT2D eigenvalue weighted by Gasteiger charge is 2.31. The summed E-state index contributed by atoms with van der Waals surface area (Å²) >= 11 is 0. The van der Waals surface area contributed by atoms with Crippen LogP contribution in [0.1, 0.15) is 67.9 Å². The van der Waals surface area contributed by atoms with E-state index in [-0.39, 0.29) is 24.4 Å². The molecule has 4 rings (SSSR count). The maximum absolute atomic E-state index is 13.7. The summed E-state index contributed by atoms with van der Waals surface area (Å²) in [5.74, 6) is -1.15. The van der Waals surface area contributed by atoms with Crippen molar-refractivity contribution in [2.24, 2.45) is 10.9 Å². The van der Waals surface area contributed by atoms with Crippen LogP contribution in [0.25, 0.3) is 11.1 Å². The molecule has 42 heavy (non-hydrogen) atoms. The van der Waals surface area contributed by atoms with Crippen LogP contribution in [0.3, 0.4) is 0 Å². The van der Waals surface area contributed by atoms with Crippen LogP contribution in [0, 0.1) is 12.8 Å². The van der Waals surface area contributed by atoms with Crippen LogP contribution in [0.4, 0.5) is 18.9 Å². The first-order valence-electron chi connectivity index (χ1n) is 14.6. The number of carbonyl (C=O) groups is 2. The number of allylic oxidation sites excluding steroid dienone is 1. The van der Waals surface area contributed by atoms with Crippen LogP contribution in [-0.2, 0) is 11.0 Å². The summed E-state index contributed by atoms with van der Waals surface area (Å²) in [6.45, 7) is 8.47. The minimum absolute atomic E-state index is 0.113. The van der Waals surface area contributed by atoms with Crippen LogP contribution in [0.5, 0.6) is 0 Å². The van der Waals surface area contributed by atoms with Crippen molar-refractivity contribution in [1.29, 1.82) is 0 Å². The first kappa shape index (κ1) is 31.5. The highest BCUT2D eigenvalue weighted by atomic mass is 19.4. The summed E-state index contributed by atoms with van der Waals surface area (Å²) in [6, 6.07) is 9.60. The zero-order valence-electron chi connectivity index (χ0n) is 25.3. The number of nitrogens with one attached hydrogen (secondary N) is 1. The van der Waals surface area contributed by atoms with E-state index >= 15 is 0 Å². The van der Waals surface area contributed by atoms with Gasteiger partial charge in [-0.1, -0.05) is 17.7 Å². The van der Waals surface area contributed by atoms with E-state index < -0.39 is 17.7 Å². The van der Waals surface area contributed by atoms with Crippen LogP contribution in [-0.4, -0.2) is 61.7 Å². The van der Waals surface area contributed by atoms with Crippen molar-refractivity contribution in [2.75, 3.05) is 32.1 Å². The lowest BCUT2D eigenvalue weighted by atomic mass is 9.88. The van der Waals surface area contributed by atoms with E-state index in [2.05, 4.69) is 41.1 Å². The second-order valence-corrected chi connectivity index (χ2v) is 11.7. The summed E-state index contributed by atoms with van der Waals surface area (Å²) in [6.07, 6.45) is 1.58. The summed E-state index contributed by atoms with van der Waals surface area (Å²) < 4.78 is 39.8. The number of rotatable bonds is 8. The van der Waals surface area contributed by atoms with Gasteiger partial charge in [-0.25, -0.2) is 4.99 Å². The lowest BCUT2D eigenvalue weighted by molar-refractivity contribution is -0.137. The van der Waals surface area contributed by atoms with E-state index in [1.54, 1.807) is 13.0 Å². The molecule has 0 spiro atoms.